The van der Waals surface area contributed by atoms with Crippen molar-refractivity contribution in [2.75, 3.05) is 0 Å². The average Bonchev–Trinajstić information content (AvgIpc) is 3.03. The van der Waals surface area contributed by atoms with Crippen molar-refractivity contribution in [2.24, 2.45) is 46.3 Å². The lowest BCUT2D eigenvalue weighted by atomic mass is 9.43. The number of aliphatic carboxylic acids is 1. The first-order valence-corrected chi connectivity index (χ1v) is 13.8. The van der Waals surface area contributed by atoms with Crippen molar-refractivity contribution in [2.45, 2.75) is 97.2 Å². The Labute approximate surface area is 192 Å². The normalized spacial score (nSPS) is 47.2. The molecule has 4 saturated carbocycles. The molecule has 0 saturated heterocycles. The summed E-state index contributed by atoms with van der Waals surface area (Å²) < 4.78 is 38.6. The fraction of sp³-hybridized carbons (Fsp3) is 0.958. The summed E-state index contributed by atoms with van der Waals surface area (Å²) in [4.78, 5) is 11.1. The molecule has 3 N–H and O–H groups in total. The molecular formula is C24H40O7S. The Morgan fingerprint density at radius 2 is 1.72 bits per heavy atom. The van der Waals surface area contributed by atoms with Gasteiger partial charge in [0.2, 0.25) is 0 Å². The standard InChI is InChI=1S/C24H40O7S/c1-14(4-7-21(26)27)17-5-6-18-22-19(9-11-24(17,18)3)23(2)10-8-16(25)12-15(23)13-20(22)31-32(28,29)30/h14-20,22,25H,4-13H2,1-3H3,(H,26,27)(H,28,29,30)/t14-,15?,16-,17-,18+,19+,20-,22+,23+,24-/m1/s1. The number of hydrogen-bond donors (Lipinski definition) is 3. The van der Waals surface area contributed by atoms with Crippen LogP contribution in [-0.2, 0) is 19.4 Å². The van der Waals surface area contributed by atoms with Crippen molar-refractivity contribution < 1.29 is 32.2 Å². The first-order chi connectivity index (χ1) is 14.8. The minimum atomic E-state index is -4.57. The summed E-state index contributed by atoms with van der Waals surface area (Å²) in [5, 5.41) is 19.4. The van der Waals surface area contributed by atoms with E-state index >= 15 is 0 Å². The minimum absolute atomic E-state index is 0.0251. The maximum atomic E-state index is 11.8. The third-order valence-electron chi connectivity index (χ3n) is 10.5. The topological polar surface area (TPSA) is 121 Å². The van der Waals surface area contributed by atoms with E-state index < -0.39 is 22.5 Å². The van der Waals surface area contributed by atoms with Gasteiger partial charge in [0.05, 0.1) is 12.2 Å². The van der Waals surface area contributed by atoms with Gasteiger partial charge >= 0.3 is 16.4 Å². The molecule has 0 spiro atoms. The molecule has 7 nitrogen and oxygen atoms in total. The number of hydrogen-bond acceptors (Lipinski definition) is 5. The van der Waals surface area contributed by atoms with Gasteiger partial charge in [0.25, 0.3) is 0 Å². The van der Waals surface area contributed by atoms with Crippen LogP contribution in [0, 0.1) is 46.3 Å². The van der Waals surface area contributed by atoms with Crippen molar-refractivity contribution in [1.29, 1.82) is 0 Å². The predicted octanol–water partition coefficient (Wildman–Crippen LogP) is 4.31. The summed E-state index contributed by atoms with van der Waals surface area (Å²) in [7, 11) is -4.57. The smallest absolute Gasteiger partial charge is 0.397 e. The molecule has 0 aromatic heterocycles. The number of rotatable bonds is 6. The molecule has 0 aromatic carbocycles. The van der Waals surface area contributed by atoms with Crippen LogP contribution in [0.15, 0.2) is 0 Å². The van der Waals surface area contributed by atoms with E-state index in [1.54, 1.807) is 0 Å². The van der Waals surface area contributed by atoms with Gasteiger partial charge < -0.3 is 10.2 Å². The Morgan fingerprint density at radius 3 is 2.38 bits per heavy atom. The molecule has 4 aliphatic rings. The zero-order chi connectivity index (χ0) is 23.5. The first kappa shape index (κ1) is 24.4. The summed E-state index contributed by atoms with van der Waals surface area (Å²) in [6, 6.07) is 0. The monoisotopic (exact) mass is 472 g/mol. The van der Waals surface area contributed by atoms with Crippen LogP contribution < -0.4 is 0 Å². The van der Waals surface area contributed by atoms with Gasteiger partial charge in [-0.25, -0.2) is 4.18 Å². The molecule has 1 unspecified atom stereocenters. The largest absolute Gasteiger partial charge is 0.481 e. The molecule has 0 heterocycles. The maximum absolute atomic E-state index is 11.8. The Morgan fingerprint density at radius 1 is 1.06 bits per heavy atom. The lowest BCUT2D eigenvalue weighted by molar-refractivity contribution is -0.168. The van der Waals surface area contributed by atoms with E-state index in [2.05, 4.69) is 20.8 Å². The van der Waals surface area contributed by atoms with Gasteiger partial charge in [-0.3, -0.25) is 9.35 Å². The van der Waals surface area contributed by atoms with Gasteiger partial charge in [-0.2, -0.15) is 8.42 Å². The summed E-state index contributed by atoms with van der Waals surface area (Å²) in [5.41, 5.74) is 0.0780. The predicted molar refractivity (Wildman–Crippen MR) is 119 cm³/mol. The molecular weight excluding hydrogens is 432 g/mol. The summed E-state index contributed by atoms with van der Waals surface area (Å²) in [5.74, 6) is 0.821. The minimum Gasteiger partial charge on any atom is -0.481 e. The van der Waals surface area contributed by atoms with Gasteiger partial charge in [0.15, 0.2) is 0 Å². The average molecular weight is 473 g/mol. The number of carboxylic acids is 1. The van der Waals surface area contributed by atoms with Crippen LogP contribution in [-0.4, -0.2) is 41.4 Å². The van der Waals surface area contributed by atoms with Crippen molar-refractivity contribution in [3.63, 3.8) is 0 Å². The van der Waals surface area contributed by atoms with Crippen LogP contribution in [0.25, 0.3) is 0 Å². The van der Waals surface area contributed by atoms with Crippen molar-refractivity contribution >= 4 is 16.4 Å². The zero-order valence-electron chi connectivity index (χ0n) is 19.6. The lowest BCUT2D eigenvalue weighted by Gasteiger charge is -2.62. The van der Waals surface area contributed by atoms with Crippen molar-refractivity contribution in [3.8, 4) is 0 Å². The van der Waals surface area contributed by atoms with Gasteiger partial charge in [-0.1, -0.05) is 20.8 Å². The van der Waals surface area contributed by atoms with Crippen LogP contribution >= 0.6 is 0 Å². The highest BCUT2D eigenvalue weighted by molar-refractivity contribution is 7.80. The fourth-order valence-electron chi connectivity index (χ4n) is 8.96. The summed E-state index contributed by atoms with van der Waals surface area (Å²) in [6.45, 7) is 6.82. The van der Waals surface area contributed by atoms with Gasteiger partial charge in [-0.05, 0) is 104 Å². The number of fused-ring (bicyclic) bond motifs is 5. The molecule has 10 atom stereocenters. The number of carbonyl (C=O) groups is 1. The molecule has 32 heavy (non-hydrogen) atoms. The van der Waals surface area contributed by atoms with E-state index in [4.69, 9.17) is 9.29 Å². The Bertz CT molecular complexity index is 828. The van der Waals surface area contributed by atoms with E-state index in [0.717, 1.165) is 38.5 Å². The molecule has 4 aliphatic carbocycles. The number of aliphatic hydroxyl groups excluding tert-OH is 1. The van der Waals surface area contributed by atoms with Gasteiger partial charge in [0, 0.05) is 6.42 Å². The SMILES string of the molecule is C[C@H](CCC(=O)O)[C@H]1CC[C@H]2[C@@H]3[C@H](OS(=O)(=O)O)CC4C[C@H](O)CC[C@]4(C)[C@H]3CC[C@]12C. The van der Waals surface area contributed by atoms with Crippen molar-refractivity contribution in [1.82, 2.24) is 0 Å². The molecule has 184 valence electrons. The van der Waals surface area contributed by atoms with E-state index in [1.807, 2.05) is 0 Å². The van der Waals surface area contributed by atoms with E-state index in [0.29, 0.717) is 42.9 Å². The van der Waals surface area contributed by atoms with Gasteiger partial charge in [-0.15, -0.1) is 0 Å². The first-order valence-electron chi connectivity index (χ1n) is 12.4. The Kier molecular flexibility index (Phi) is 6.49. The summed E-state index contributed by atoms with van der Waals surface area (Å²) in [6.07, 6.45) is 6.97. The molecule has 0 amide bonds. The van der Waals surface area contributed by atoms with Crippen molar-refractivity contribution in [3.05, 3.63) is 0 Å². The van der Waals surface area contributed by atoms with Crippen LogP contribution in [0.5, 0.6) is 0 Å². The molecule has 4 fully saturated rings. The third-order valence-corrected chi connectivity index (χ3v) is 10.9. The van der Waals surface area contributed by atoms with E-state index in [-0.39, 0.29) is 35.2 Å². The second-order valence-electron chi connectivity index (χ2n) is 11.9. The second kappa shape index (κ2) is 8.51. The molecule has 0 aliphatic heterocycles. The molecule has 8 heteroatoms. The Hall–Kier alpha value is -0.700. The third kappa shape index (κ3) is 4.25. The summed E-state index contributed by atoms with van der Waals surface area (Å²) >= 11 is 0. The van der Waals surface area contributed by atoms with Gasteiger partial charge in [0.1, 0.15) is 0 Å². The van der Waals surface area contributed by atoms with E-state index in [1.165, 1.54) is 0 Å². The maximum Gasteiger partial charge on any atom is 0.397 e. The Balaban J connectivity index is 1.64. The quantitative estimate of drug-likeness (QED) is 0.493. The molecule has 0 radical (unpaired) electrons. The fourth-order valence-corrected chi connectivity index (χ4v) is 9.48. The second-order valence-corrected chi connectivity index (χ2v) is 12.9. The van der Waals surface area contributed by atoms with Crippen LogP contribution in [0.3, 0.4) is 0 Å². The van der Waals surface area contributed by atoms with Crippen LogP contribution in [0.4, 0.5) is 0 Å². The molecule has 0 bridgehead atoms. The zero-order valence-corrected chi connectivity index (χ0v) is 20.4. The molecule has 0 aromatic rings. The van der Waals surface area contributed by atoms with E-state index in [9.17, 15) is 22.9 Å². The lowest BCUT2D eigenvalue weighted by Crippen LogP contribution is -2.59. The highest BCUT2D eigenvalue weighted by Gasteiger charge is 2.63. The highest BCUT2D eigenvalue weighted by atomic mass is 32.3. The number of aliphatic hydroxyl groups is 1. The van der Waals surface area contributed by atoms with Crippen LogP contribution in [0.2, 0.25) is 0 Å². The van der Waals surface area contributed by atoms with Crippen LogP contribution in [0.1, 0.15) is 85.0 Å². The highest BCUT2D eigenvalue weighted by Crippen LogP contribution is 2.68. The number of carboxylic acid groups (broad SMARTS) is 1. The molecule has 4 rings (SSSR count).